The van der Waals surface area contributed by atoms with Crippen molar-refractivity contribution in [3.63, 3.8) is 0 Å². The number of hydrogen-bond donors (Lipinski definition) is 2. The van der Waals surface area contributed by atoms with Crippen molar-refractivity contribution in [2.75, 3.05) is 42.8 Å². The van der Waals surface area contributed by atoms with Crippen LogP contribution in [0.25, 0.3) is 11.2 Å². The van der Waals surface area contributed by atoms with Gasteiger partial charge in [0.05, 0.1) is 32.0 Å². The molecule has 1 aliphatic carbocycles. The number of aromatic nitrogens is 3. The van der Waals surface area contributed by atoms with Crippen LogP contribution in [0.5, 0.6) is 0 Å². The van der Waals surface area contributed by atoms with E-state index in [4.69, 9.17) is 14.5 Å². The van der Waals surface area contributed by atoms with Crippen molar-refractivity contribution in [2.45, 2.75) is 36.5 Å². The Balaban J connectivity index is 1.45. The molecule has 3 aromatic rings. The number of hydrogen-bond acceptors (Lipinski definition) is 8. The maximum absolute atomic E-state index is 13.0. The van der Waals surface area contributed by atoms with Gasteiger partial charge in [-0.1, -0.05) is 0 Å². The Hall–Kier alpha value is -2.82. The number of carbonyl (C=O) groups excluding carboxylic acids is 1. The van der Waals surface area contributed by atoms with Gasteiger partial charge in [-0.05, 0) is 48.9 Å². The Bertz CT molecular complexity index is 1210. The maximum atomic E-state index is 13.0. The lowest BCUT2D eigenvalue weighted by molar-refractivity contribution is -0.0323. The molecule has 33 heavy (non-hydrogen) atoms. The summed E-state index contributed by atoms with van der Waals surface area (Å²) >= 11 is 1.59. The third kappa shape index (κ3) is 3.92. The van der Waals surface area contributed by atoms with Gasteiger partial charge in [0.25, 0.3) is 0 Å². The van der Waals surface area contributed by atoms with Gasteiger partial charge in [-0.15, -0.1) is 11.8 Å². The van der Waals surface area contributed by atoms with Crippen molar-refractivity contribution in [3.8, 4) is 0 Å². The van der Waals surface area contributed by atoms with Crippen LogP contribution in [0.2, 0.25) is 0 Å². The van der Waals surface area contributed by atoms with Gasteiger partial charge < -0.3 is 25.0 Å². The molecule has 1 saturated carbocycles. The fraction of sp³-hybridized carbons (Fsp3) is 0.435. The second kappa shape index (κ2) is 8.51. The van der Waals surface area contributed by atoms with Crippen LogP contribution in [0.15, 0.2) is 35.5 Å². The van der Waals surface area contributed by atoms with Gasteiger partial charge in [-0.3, -0.25) is 0 Å². The summed E-state index contributed by atoms with van der Waals surface area (Å²) in [6.07, 6.45) is 5.39. The van der Waals surface area contributed by atoms with Gasteiger partial charge in [0.2, 0.25) is 0 Å². The summed E-state index contributed by atoms with van der Waals surface area (Å²) in [4.78, 5) is 25.6. The molecule has 0 radical (unpaired) electrons. The highest BCUT2D eigenvalue weighted by molar-refractivity contribution is 7.98. The third-order valence-corrected chi connectivity index (χ3v) is 7.27. The number of nitrogens with zero attached hydrogens (tertiary/aromatic N) is 4. The van der Waals surface area contributed by atoms with Crippen LogP contribution >= 0.6 is 11.8 Å². The summed E-state index contributed by atoms with van der Waals surface area (Å²) in [5.41, 5.74) is 4.43. The average molecular weight is 467 g/mol. The lowest BCUT2D eigenvalue weighted by Crippen LogP contribution is -2.52. The fourth-order valence-corrected chi connectivity index (χ4v) is 5.14. The van der Waals surface area contributed by atoms with Crippen molar-refractivity contribution < 1.29 is 14.3 Å². The highest BCUT2D eigenvalue weighted by Gasteiger charge is 2.34. The van der Waals surface area contributed by atoms with Crippen LogP contribution in [0, 0.1) is 0 Å². The molecule has 4 bridgehead atoms. The minimum Gasteiger partial charge on any atom is -0.378 e. The number of ether oxygens (including phenoxy) is 2. The highest BCUT2D eigenvalue weighted by atomic mass is 32.2. The first-order valence-electron chi connectivity index (χ1n) is 11.3. The van der Waals surface area contributed by atoms with Crippen LogP contribution in [0.4, 0.5) is 22.0 Å². The molecular weight excluding hydrogens is 440 g/mol. The molecule has 1 saturated heterocycles. The molecule has 2 fully saturated rings. The van der Waals surface area contributed by atoms with E-state index in [2.05, 4.69) is 38.7 Å². The van der Waals surface area contributed by atoms with Gasteiger partial charge >= 0.3 is 6.03 Å². The fourth-order valence-electron chi connectivity index (χ4n) is 4.58. The largest absolute Gasteiger partial charge is 0.378 e. The number of nitrogens with one attached hydrogen (secondary N) is 2. The number of morpholine rings is 1. The van der Waals surface area contributed by atoms with Crippen LogP contribution in [0.3, 0.4) is 0 Å². The second-order valence-electron chi connectivity index (χ2n) is 8.59. The molecule has 0 spiro atoms. The molecule has 1 aromatic carbocycles. The SMILES string of the molecule is CSc1cc2nc3c1ncn3C(=O)N[C@@H]1CC[C@H]1OCc1cc(cc(N3CCOCC3)c1)N2. The normalized spacial score (nSPS) is 22.8. The zero-order chi connectivity index (χ0) is 22.4. The highest BCUT2D eigenvalue weighted by Crippen LogP contribution is 2.32. The van der Waals surface area contributed by atoms with E-state index in [9.17, 15) is 4.79 Å². The molecular formula is C23H26N6O3S. The summed E-state index contributed by atoms with van der Waals surface area (Å²) in [6.45, 7) is 3.67. The van der Waals surface area contributed by atoms with E-state index in [1.54, 1.807) is 18.1 Å². The zero-order valence-corrected chi connectivity index (χ0v) is 19.2. The molecule has 172 valence electrons. The average Bonchev–Trinajstić information content (AvgIpc) is 3.25. The van der Waals surface area contributed by atoms with Gasteiger partial charge in [-0.2, -0.15) is 0 Å². The smallest absolute Gasteiger partial charge is 0.328 e. The number of thioether (sulfide) groups is 1. The zero-order valence-electron chi connectivity index (χ0n) is 18.4. The summed E-state index contributed by atoms with van der Waals surface area (Å²) in [5.74, 6) is 0.672. The van der Waals surface area contributed by atoms with Crippen LogP contribution in [-0.2, 0) is 16.1 Å². The number of benzene rings is 1. The van der Waals surface area contributed by atoms with E-state index in [1.807, 2.05) is 12.3 Å². The van der Waals surface area contributed by atoms with E-state index in [0.717, 1.165) is 66.5 Å². The predicted molar refractivity (Wildman–Crippen MR) is 128 cm³/mol. The van der Waals surface area contributed by atoms with Crippen LogP contribution < -0.4 is 15.5 Å². The Morgan fingerprint density at radius 3 is 2.82 bits per heavy atom. The quantitative estimate of drug-likeness (QED) is 0.556. The van der Waals surface area contributed by atoms with E-state index in [0.29, 0.717) is 18.1 Å². The number of anilines is 3. The molecule has 4 heterocycles. The second-order valence-corrected chi connectivity index (χ2v) is 9.44. The topological polar surface area (TPSA) is 93.5 Å². The molecule has 2 aliphatic heterocycles. The van der Waals surface area contributed by atoms with Crippen molar-refractivity contribution >= 4 is 46.1 Å². The molecule has 9 nitrogen and oxygen atoms in total. The Morgan fingerprint density at radius 2 is 2.03 bits per heavy atom. The minimum atomic E-state index is -0.224. The van der Waals surface area contributed by atoms with Gasteiger partial charge in [0.15, 0.2) is 5.65 Å². The minimum absolute atomic E-state index is 0.000377. The molecule has 3 aliphatic rings. The molecule has 2 atom stereocenters. The first-order valence-corrected chi connectivity index (χ1v) is 12.5. The number of imidazole rings is 1. The monoisotopic (exact) mass is 466 g/mol. The number of pyridine rings is 1. The van der Waals surface area contributed by atoms with E-state index in [1.165, 1.54) is 4.57 Å². The van der Waals surface area contributed by atoms with E-state index < -0.39 is 0 Å². The lowest BCUT2D eigenvalue weighted by Gasteiger charge is -2.37. The van der Waals surface area contributed by atoms with E-state index in [-0.39, 0.29) is 18.2 Å². The van der Waals surface area contributed by atoms with Crippen LogP contribution in [0.1, 0.15) is 18.4 Å². The van der Waals surface area contributed by atoms with Crippen molar-refractivity contribution in [2.24, 2.45) is 0 Å². The Labute approximate surface area is 195 Å². The van der Waals surface area contributed by atoms with Crippen LogP contribution in [-0.4, -0.2) is 65.3 Å². The number of carbonyl (C=O) groups is 1. The molecule has 0 unspecified atom stereocenters. The first kappa shape index (κ1) is 20.8. The summed E-state index contributed by atoms with van der Waals surface area (Å²) in [5, 5.41) is 6.57. The molecule has 2 aromatic heterocycles. The van der Waals surface area contributed by atoms with Gasteiger partial charge in [-0.25, -0.2) is 19.3 Å². The lowest BCUT2D eigenvalue weighted by atomic mass is 9.89. The summed E-state index contributed by atoms with van der Waals surface area (Å²) < 4.78 is 13.3. The number of rotatable bonds is 2. The van der Waals surface area contributed by atoms with Crippen molar-refractivity contribution in [1.29, 1.82) is 0 Å². The Kier molecular flexibility index (Phi) is 5.35. The predicted octanol–water partition coefficient (Wildman–Crippen LogP) is 3.35. The summed E-state index contributed by atoms with van der Waals surface area (Å²) in [6, 6.07) is 8.19. The number of fused-ring (bicyclic) bond motifs is 4. The van der Waals surface area contributed by atoms with Crippen molar-refractivity contribution in [3.05, 3.63) is 36.2 Å². The van der Waals surface area contributed by atoms with E-state index >= 15 is 0 Å². The third-order valence-electron chi connectivity index (χ3n) is 6.52. The molecule has 1 amide bonds. The number of amides is 1. The maximum Gasteiger partial charge on any atom is 0.328 e. The molecule has 6 rings (SSSR count). The van der Waals surface area contributed by atoms with Gasteiger partial charge in [0, 0.05) is 29.4 Å². The van der Waals surface area contributed by atoms with Gasteiger partial charge in [0.1, 0.15) is 17.7 Å². The molecule has 2 N–H and O–H groups in total. The molecule has 10 heteroatoms. The summed E-state index contributed by atoms with van der Waals surface area (Å²) in [7, 11) is 0. The van der Waals surface area contributed by atoms with Crippen molar-refractivity contribution in [1.82, 2.24) is 19.9 Å². The first-order chi connectivity index (χ1) is 16.2. The Morgan fingerprint density at radius 1 is 1.15 bits per heavy atom. The standard InChI is InChI=1S/C23H26N6O3S/c1-33-19-11-20-25-15-8-14(9-16(10-15)28-4-6-31-7-5-28)12-32-18-3-2-17(18)26-23(30)29-13-24-21(19)22(29)27-20/h8-11,13,17-18H,2-7,12H2,1H3,(H,25,27)(H,26,30)/t17-,18-/m1/s1.